The minimum absolute atomic E-state index is 0.0230. The highest BCUT2D eigenvalue weighted by atomic mass is 19.4. The predicted molar refractivity (Wildman–Crippen MR) is 103 cm³/mol. The molecule has 0 bridgehead atoms. The van der Waals surface area contributed by atoms with E-state index in [0.29, 0.717) is 12.0 Å². The van der Waals surface area contributed by atoms with E-state index in [4.69, 9.17) is 9.15 Å². The number of benzene rings is 1. The molecule has 3 aromatic rings. The molecule has 35 heavy (non-hydrogen) atoms. The van der Waals surface area contributed by atoms with Crippen LogP contribution in [0.1, 0.15) is 35.4 Å². The van der Waals surface area contributed by atoms with Gasteiger partial charge < -0.3 is 18.6 Å². The van der Waals surface area contributed by atoms with Crippen LogP contribution in [0.25, 0.3) is 11.5 Å². The first-order valence-electron chi connectivity index (χ1n) is 10.4. The van der Waals surface area contributed by atoms with Crippen LogP contribution in [0.5, 0.6) is 5.75 Å². The molecule has 1 saturated carbocycles. The zero-order valence-corrected chi connectivity index (χ0v) is 17.9. The van der Waals surface area contributed by atoms with Crippen LogP contribution in [-0.2, 0) is 11.6 Å². The van der Waals surface area contributed by atoms with E-state index in [2.05, 4.69) is 19.6 Å². The minimum Gasteiger partial charge on any atom is -0.480 e. The summed E-state index contributed by atoms with van der Waals surface area (Å²) < 4.78 is 92.5. The summed E-state index contributed by atoms with van der Waals surface area (Å²) in [6, 6.07) is 3.93. The minimum atomic E-state index is -4.80. The first kappa shape index (κ1) is 23.2. The maximum Gasteiger partial charge on any atom is 0.471 e. The van der Waals surface area contributed by atoms with Gasteiger partial charge in [-0.05, 0) is 37.5 Å². The maximum atomic E-state index is 13.4. The highest BCUT2D eigenvalue weighted by Crippen LogP contribution is 2.58. The van der Waals surface area contributed by atoms with E-state index in [1.165, 1.54) is 35.6 Å². The van der Waals surface area contributed by atoms with Gasteiger partial charge in [-0.1, -0.05) is 5.16 Å². The first-order valence-corrected chi connectivity index (χ1v) is 10.4. The molecule has 14 heteroatoms. The average Bonchev–Trinajstić information content (AvgIpc) is 3.30. The van der Waals surface area contributed by atoms with Crippen LogP contribution < -0.4 is 4.74 Å². The molecule has 1 aromatic carbocycles. The van der Waals surface area contributed by atoms with Gasteiger partial charge >= 0.3 is 18.2 Å². The topological polar surface area (TPSA) is 94.5 Å². The van der Waals surface area contributed by atoms with Gasteiger partial charge in [-0.15, -0.1) is 0 Å². The third-order valence-electron chi connectivity index (χ3n) is 6.20. The van der Waals surface area contributed by atoms with Gasteiger partial charge in [0.15, 0.2) is 11.9 Å². The van der Waals surface area contributed by atoms with Crippen LogP contribution in [0.4, 0.5) is 26.3 Å². The number of ether oxygens (including phenoxy) is 1. The number of aromatic nitrogens is 3. The van der Waals surface area contributed by atoms with Crippen molar-refractivity contribution in [1.82, 2.24) is 20.0 Å². The molecule has 2 aliphatic rings. The number of piperidine rings is 1. The Morgan fingerprint density at radius 3 is 2.66 bits per heavy atom. The molecule has 0 spiro atoms. The lowest BCUT2D eigenvalue weighted by molar-refractivity contribution is -0.189. The van der Waals surface area contributed by atoms with E-state index in [1.54, 1.807) is 0 Å². The first-order chi connectivity index (χ1) is 16.4. The second-order valence-electron chi connectivity index (χ2n) is 8.51. The van der Waals surface area contributed by atoms with Crippen molar-refractivity contribution < 1.29 is 44.8 Å². The Kier molecular flexibility index (Phi) is 5.11. The second-order valence-corrected chi connectivity index (χ2v) is 8.51. The van der Waals surface area contributed by atoms with E-state index < -0.39 is 35.7 Å². The van der Waals surface area contributed by atoms with Gasteiger partial charge in [0, 0.05) is 18.7 Å². The van der Waals surface area contributed by atoms with Gasteiger partial charge in [-0.3, -0.25) is 4.79 Å². The normalized spacial score (nSPS) is 22.7. The fourth-order valence-corrected chi connectivity index (χ4v) is 4.25. The van der Waals surface area contributed by atoms with E-state index in [1.807, 2.05) is 0 Å². The third kappa shape index (κ3) is 4.10. The molecule has 0 N–H and O–H groups in total. The van der Waals surface area contributed by atoms with Crippen LogP contribution >= 0.6 is 0 Å². The molecule has 0 radical (unpaired) electrons. The highest BCUT2D eigenvalue weighted by Gasteiger charge is 2.65. The predicted octanol–water partition coefficient (Wildman–Crippen LogP) is 4.49. The van der Waals surface area contributed by atoms with Crippen molar-refractivity contribution >= 4 is 5.91 Å². The number of nitrogens with zero attached hydrogens (tertiary/aromatic N) is 4. The number of halogens is 6. The summed E-state index contributed by atoms with van der Waals surface area (Å²) in [7, 11) is 0. The molecule has 1 aliphatic carbocycles. The second kappa shape index (κ2) is 7.71. The lowest BCUT2D eigenvalue weighted by Crippen LogP contribution is -2.35. The maximum absolute atomic E-state index is 13.4. The summed E-state index contributed by atoms with van der Waals surface area (Å²) in [6.45, 7) is 0.946. The van der Waals surface area contributed by atoms with Crippen LogP contribution in [0.2, 0.25) is 0 Å². The molecule has 2 fully saturated rings. The van der Waals surface area contributed by atoms with Crippen LogP contribution in [0.3, 0.4) is 0 Å². The largest absolute Gasteiger partial charge is 0.480 e. The average molecular weight is 502 g/mol. The number of carbonyl (C=O) groups excluding carboxylic acids is 1. The number of carbonyl (C=O) groups is 1. The molecule has 1 aliphatic heterocycles. The van der Waals surface area contributed by atoms with Crippen molar-refractivity contribution in [2.24, 2.45) is 5.92 Å². The molecular weight excluding hydrogens is 486 g/mol. The van der Waals surface area contributed by atoms with Gasteiger partial charge in [0.2, 0.25) is 5.89 Å². The Morgan fingerprint density at radius 1 is 1.26 bits per heavy atom. The Bertz CT molecular complexity index is 1260. The highest BCUT2D eigenvalue weighted by molar-refractivity contribution is 5.98. The zero-order chi connectivity index (χ0) is 25.2. The molecule has 186 valence electrons. The Morgan fingerprint density at radius 2 is 2.03 bits per heavy atom. The zero-order valence-electron chi connectivity index (χ0n) is 17.9. The van der Waals surface area contributed by atoms with Crippen LogP contribution in [0.15, 0.2) is 39.6 Å². The van der Waals surface area contributed by atoms with Gasteiger partial charge in [0.05, 0.1) is 17.2 Å². The fraction of sp³-hybridized carbons (Fsp3) is 0.429. The van der Waals surface area contributed by atoms with Gasteiger partial charge in [0.1, 0.15) is 12.0 Å². The van der Waals surface area contributed by atoms with Gasteiger partial charge in [-0.2, -0.15) is 31.3 Å². The van der Waals surface area contributed by atoms with Crippen molar-refractivity contribution in [2.75, 3.05) is 13.1 Å². The fourth-order valence-electron chi connectivity index (χ4n) is 4.25. The van der Waals surface area contributed by atoms with E-state index in [-0.39, 0.29) is 42.0 Å². The summed E-state index contributed by atoms with van der Waals surface area (Å²) in [5.74, 6) is -2.66. The third-order valence-corrected chi connectivity index (χ3v) is 6.20. The number of oxazole rings is 1. The van der Waals surface area contributed by atoms with Crippen molar-refractivity contribution in [2.45, 2.75) is 37.2 Å². The molecule has 3 atom stereocenters. The summed E-state index contributed by atoms with van der Waals surface area (Å²) in [4.78, 5) is 22.2. The van der Waals surface area contributed by atoms with Crippen molar-refractivity contribution in [3.05, 3.63) is 47.9 Å². The monoisotopic (exact) mass is 502 g/mol. The summed E-state index contributed by atoms with van der Waals surface area (Å²) >= 11 is 0. The van der Waals surface area contributed by atoms with E-state index in [0.717, 1.165) is 6.92 Å². The summed E-state index contributed by atoms with van der Waals surface area (Å²) in [5.41, 5.74) is -0.738. The van der Waals surface area contributed by atoms with Crippen LogP contribution in [-0.4, -0.2) is 51.3 Å². The number of rotatable bonds is 5. The van der Waals surface area contributed by atoms with Crippen molar-refractivity contribution in [3.8, 4) is 17.2 Å². The van der Waals surface area contributed by atoms with Gasteiger partial charge in [-0.25, -0.2) is 4.98 Å². The molecule has 2 unspecified atom stereocenters. The standard InChI is InChI=1S/C21H16F6N4O4/c1-10(20(22,23)24)34-14-3-2-11(15-28-4-5-33-15)6-13(14)16(32)31-8-12-7-19(12,9-31)17-29-18(35-30-17)21(25,26)27/h2-6,10,12H,7-9H2,1H3/t10-,12?,19?/m0/s1. The molecule has 5 rings (SSSR count). The summed E-state index contributed by atoms with van der Waals surface area (Å²) in [6.07, 6.45) is -8.55. The number of likely N-dealkylation sites (tertiary alicyclic amines) is 1. The van der Waals surface area contributed by atoms with E-state index in [9.17, 15) is 31.1 Å². The summed E-state index contributed by atoms with van der Waals surface area (Å²) in [5, 5.41) is 3.46. The van der Waals surface area contributed by atoms with E-state index >= 15 is 0 Å². The van der Waals surface area contributed by atoms with Gasteiger partial charge in [0.25, 0.3) is 5.91 Å². The molecule has 1 amide bonds. The SMILES string of the molecule is C[C@H](Oc1ccc(-c2ncco2)cc1C(=O)N1CC2CC2(c2noc(C(F)(F)F)n2)C1)C(F)(F)F. The van der Waals surface area contributed by atoms with Crippen molar-refractivity contribution in [3.63, 3.8) is 0 Å². The number of alkyl halides is 6. The number of amides is 1. The Labute approximate surface area is 192 Å². The number of hydrogen-bond donors (Lipinski definition) is 0. The lowest BCUT2D eigenvalue weighted by atomic mass is 10.1. The molecule has 1 saturated heterocycles. The molecular formula is C21H16F6N4O4. The Balaban J connectivity index is 1.43. The number of hydrogen-bond acceptors (Lipinski definition) is 7. The quantitative estimate of drug-likeness (QED) is 0.475. The lowest BCUT2D eigenvalue weighted by Gasteiger charge is -2.24. The molecule has 2 aromatic heterocycles. The smallest absolute Gasteiger partial charge is 0.471 e. The van der Waals surface area contributed by atoms with Crippen LogP contribution in [0, 0.1) is 5.92 Å². The van der Waals surface area contributed by atoms with Crippen molar-refractivity contribution in [1.29, 1.82) is 0 Å². The molecule has 3 heterocycles. The Hall–Kier alpha value is -3.58. The molecule has 8 nitrogen and oxygen atoms in total. The number of fused-ring (bicyclic) bond motifs is 1.